The molecule has 102 valence electrons. The van der Waals surface area contributed by atoms with Crippen molar-refractivity contribution in [2.24, 2.45) is 0 Å². The first kappa shape index (κ1) is 12.1. The molecule has 2 aliphatic rings. The normalized spacial score (nSPS) is 15.3. The minimum absolute atomic E-state index is 0.344. The van der Waals surface area contributed by atoms with Crippen molar-refractivity contribution in [3.05, 3.63) is 22.8 Å². The zero-order valence-corrected chi connectivity index (χ0v) is 11.2. The van der Waals surface area contributed by atoms with Crippen LogP contribution in [0.2, 0.25) is 0 Å². The largest absolute Gasteiger partial charge is 0.493 e. The quantitative estimate of drug-likeness (QED) is 0.815. The van der Waals surface area contributed by atoms with Gasteiger partial charge in [-0.1, -0.05) is 0 Å². The van der Waals surface area contributed by atoms with Gasteiger partial charge < -0.3 is 19.1 Å². The third kappa shape index (κ3) is 1.99. The molecule has 2 heterocycles. The van der Waals surface area contributed by atoms with Crippen LogP contribution in [0.3, 0.4) is 0 Å². The van der Waals surface area contributed by atoms with Gasteiger partial charge in [-0.15, -0.1) is 0 Å². The predicted octanol–water partition coefficient (Wildman–Crippen LogP) is 1.75. The molecule has 0 spiro atoms. The molecule has 0 atom stereocenters. The van der Waals surface area contributed by atoms with Crippen molar-refractivity contribution in [1.29, 1.82) is 0 Å². The summed E-state index contributed by atoms with van der Waals surface area (Å²) in [5.41, 5.74) is 3.40. The minimum Gasteiger partial charge on any atom is -0.493 e. The Morgan fingerprint density at radius 3 is 2.95 bits per heavy atom. The highest BCUT2D eigenvalue weighted by atomic mass is 16.5. The van der Waals surface area contributed by atoms with E-state index in [2.05, 4.69) is 6.07 Å². The van der Waals surface area contributed by atoms with Crippen molar-refractivity contribution in [1.82, 2.24) is 4.90 Å². The summed E-state index contributed by atoms with van der Waals surface area (Å²) in [6.07, 6.45) is 1.43. The molecule has 3 rings (SSSR count). The summed E-state index contributed by atoms with van der Waals surface area (Å²) in [6, 6.07) is 2.08. The smallest absolute Gasteiger partial charge is 0.409 e. The average molecular weight is 263 g/mol. The van der Waals surface area contributed by atoms with Crippen LogP contribution >= 0.6 is 0 Å². The van der Waals surface area contributed by atoms with Crippen molar-refractivity contribution >= 4 is 6.09 Å². The SMILES string of the molecule is COC(=O)N(C)Cc1c2c(cc3c1OCC3)OCC2. The van der Waals surface area contributed by atoms with Gasteiger partial charge in [0.2, 0.25) is 0 Å². The molecule has 0 unspecified atom stereocenters. The van der Waals surface area contributed by atoms with Crippen LogP contribution in [0.1, 0.15) is 16.7 Å². The molecule has 1 aromatic carbocycles. The zero-order chi connectivity index (χ0) is 13.4. The summed E-state index contributed by atoms with van der Waals surface area (Å²) in [5.74, 6) is 1.87. The topological polar surface area (TPSA) is 48.0 Å². The molecule has 1 amide bonds. The Balaban J connectivity index is 1.98. The number of nitrogens with zero attached hydrogens (tertiary/aromatic N) is 1. The molecule has 2 aliphatic heterocycles. The number of fused-ring (bicyclic) bond motifs is 2. The van der Waals surface area contributed by atoms with Crippen molar-refractivity contribution in [2.45, 2.75) is 19.4 Å². The first-order valence-corrected chi connectivity index (χ1v) is 6.43. The second-order valence-electron chi connectivity index (χ2n) is 4.84. The van der Waals surface area contributed by atoms with Crippen molar-refractivity contribution in [3.8, 4) is 11.5 Å². The van der Waals surface area contributed by atoms with E-state index in [9.17, 15) is 4.79 Å². The van der Waals surface area contributed by atoms with Crippen LogP contribution in [0.25, 0.3) is 0 Å². The maximum Gasteiger partial charge on any atom is 0.409 e. The first-order valence-electron chi connectivity index (χ1n) is 6.43. The maximum atomic E-state index is 11.5. The van der Waals surface area contributed by atoms with E-state index in [1.807, 2.05) is 0 Å². The summed E-state index contributed by atoms with van der Waals surface area (Å²) in [6.45, 7) is 1.89. The van der Waals surface area contributed by atoms with E-state index in [0.717, 1.165) is 35.5 Å². The minimum atomic E-state index is -0.344. The number of carbonyl (C=O) groups is 1. The number of ether oxygens (including phenoxy) is 3. The third-order valence-electron chi connectivity index (χ3n) is 3.64. The van der Waals surface area contributed by atoms with E-state index < -0.39 is 0 Å². The fourth-order valence-electron chi connectivity index (χ4n) is 2.71. The molecular weight excluding hydrogens is 246 g/mol. The molecule has 5 nitrogen and oxygen atoms in total. The number of hydrogen-bond donors (Lipinski definition) is 0. The van der Waals surface area contributed by atoms with Crippen LogP contribution in [0.5, 0.6) is 11.5 Å². The van der Waals surface area contributed by atoms with E-state index >= 15 is 0 Å². The van der Waals surface area contributed by atoms with E-state index in [0.29, 0.717) is 19.8 Å². The van der Waals surface area contributed by atoms with Gasteiger partial charge >= 0.3 is 6.09 Å². The molecule has 0 aliphatic carbocycles. The fourth-order valence-corrected chi connectivity index (χ4v) is 2.71. The molecule has 1 aromatic rings. The molecule has 19 heavy (non-hydrogen) atoms. The molecule has 0 fully saturated rings. The Morgan fingerprint density at radius 1 is 1.37 bits per heavy atom. The fraction of sp³-hybridized carbons (Fsp3) is 0.500. The number of benzene rings is 1. The van der Waals surface area contributed by atoms with Crippen LogP contribution in [0.4, 0.5) is 4.79 Å². The van der Waals surface area contributed by atoms with Crippen molar-refractivity contribution in [3.63, 3.8) is 0 Å². The number of rotatable bonds is 2. The van der Waals surface area contributed by atoms with Crippen LogP contribution in [-0.2, 0) is 24.1 Å². The molecule has 0 radical (unpaired) electrons. The predicted molar refractivity (Wildman–Crippen MR) is 68.7 cm³/mol. The lowest BCUT2D eigenvalue weighted by molar-refractivity contribution is 0.131. The second-order valence-corrected chi connectivity index (χ2v) is 4.84. The highest BCUT2D eigenvalue weighted by Gasteiger charge is 2.27. The molecular formula is C14H17NO4. The lowest BCUT2D eigenvalue weighted by Gasteiger charge is -2.19. The van der Waals surface area contributed by atoms with Gasteiger partial charge in [0.15, 0.2) is 0 Å². The van der Waals surface area contributed by atoms with Crippen molar-refractivity contribution < 1.29 is 19.0 Å². The zero-order valence-electron chi connectivity index (χ0n) is 11.2. The highest BCUT2D eigenvalue weighted by molar-refractivity contribution is 5.68. The van der Waals surface area contributed by atoms with Crippen LogP contribution < -0.4 is 9.47 Å². The van der Waals surface area contributed by atoms with Crippen LogP contribution in [0, 0.1) is 0 Å². The summed E-state index contributed by atoms with van der Waals surface area (Å²) >= 11 is 0. The molecule has 0 saturated heterocycles. The lowest BCUT2D eigenvalue weighted by Crippen LogP contribution is -2.26. The Morgan fingerprint density at radius 2 is 2.16 bits per heavy atom. The number of carbonyl (C=O) groups excluding carboxylic acids is 1. The van der Waals surface area contributed by atoms with E-state index in [-0.39, 0.29) is 6.09 Å². The van der Waals surface area contributed by atoms with Gasteiger partial charge in [-0.05, 0) is 6.07 Å². The van der Waals surface area contributed by atoms with E-state index in [1.165, 1.54) is 12.7 Å². The third-order valence-corrected chi connectivity index (χ3v) is 3.64. The van der Waals surface area contributed by atoms with Crippen LogP contribution in [0.15, 0.2) is 6.07 Å². The average Bonchev–Trinajstić information content (AvgIpc) is 3.05. The number of methoxy groups -OCH3 is 1. The molecule has 0 N–H and O–H groups in total. The Hall–Kier alpha value is -1.91. The van der Waals surface area contributed by atoms with Gasteiger partial charge in [0.1, 0.15) is 11.5 Å². The maximum absolute atomic E-state index is 11.5. The molecule has 0 saturated carbocycles. The van der Waals surface area contributed by atoms with Gasteiger partial charge in [0.05, 0.1) is 26.9 Å². The lowest BCUT2D eigenvalue weighted by atomic mass is 9.99. The van der Waals surface area contributed by atoms with E-state index in [4.69, 9.17) is 14.2 Å². The molecule has 5 heteroatoms. The summed E-state index contributed by atoms with van der Waals surface area (Å²) in [4.78, 5) is 13.1. The van der Waals surface area contributed by atoms with E-state index in [1.54, 1.807) is 11.9 Å². The Bertz CT molecular complexity index is 494. The number of amides is 1. The van der Waals surface area contributed by atoms with Gasteiger partial charge in [-0.25, -0.2) is 4.79 Å². The van der Waals surface area contributed by atoms with Crippen LogP contribution in [-0.4, -0.2) is 38.4 Å². The number of hydrogen-bond acceptors (Lipinski definition) is 4. The second kappa shape index (κ2) is 4.64. The highest BCUT2D eigenvalue weighted by Crippen LogP contribution is 2.41. The standard InChI is InChI=1S/C14H17NO4/c1-15(14(16)17-2)8-11-10-4-6-18-12(10)7-9-3-5-19-13(9)11/h7H,3-6,8H2,1-2H3. The Labute approximate surface area is 112 Å². The first-order chi connectivity index (χ1) is 9.20. The summed E-state index contributed by atoms with van der Waals surface area (Å²) in [7, 11) is 3.11. The molecule has 0 bridgehead atoms. The van der Waals surface area contributed by atoms with Gasteiger partial charge in [-0.2, -0.15) is 0 Å². The molecule has 0 aromatic heterocycles. The van der Waals surface area contributed by atoms with Gasteiger partial charge in [-0.3, -0.25) is 0 Å². The monoisotopic (exact) mass is 263 g/mol. The van der Waals surface area contributed by atoms with Gasteiger partial charge in [0.25, 0.3) is 0 Å². The summed E-state index contributed by atoms with van der Waals surface area (Å²) in [5, 5.41) is 0. The van der Waals surface area contributed by atoms with Gasteiger partial charge in [0, 0.05) is 36.6 Å². The summed E-state index contributed by atoms with van der Waals surface area (Å²) < 4.78 is 16.1. The Kier molecular flexibility index (Phi) is 2.97. The van der Waals surface area contributed by atoms with Crippen molar-refractivity contribution in [2.75, 3.05) is 27.4 Å².